The molecule has 190 valence electrons. The van der Waals surface area contributed by atoms with Gasteiger partial charge in [0.1, 0.15) is 5.75 Å². The van der Waals surface area contributed by atoms with Crippen LogP contribution in [0.15, 0.2) is 73.3 Å². The van der Waals surface area contributed by atoms with Gasteiger partial charge in [0.05, 0.1) is 18.8 Å². The van der Waals surface area contributed by atoms with E-state index in [0.29, 0.717) is 18.1 Å². The molecule has 0 unspecified atom stereocenters. The molecule has 0 aliphatic heterocycles. The molecule has 0 fully saturated rings. The molecule has 0 heterocycles. The van der Waals surface area contributed by atoms with Crippen LogP contribution in [0.1, 0.15) is 75.2 Å². The highest BCUT2D eigenvalue weighted by Crippen LogP contribution is 2.31. The molecular weight excluding hydrogens is 444 g/mol. The highest BCUT2D eigenvalue weighted by atomic mass is 16.5. The summed E-state index contributed by atoms with van der Waals surface area (Å²) in [6, 6.07) is 22.3. The standard InChI is InChI=1S/C33H40O3/c1-5-8-9-10-22-35-31-18-15-27(16-19-31)30-17-20-32(26(7-3)24-30)28-11-13-29(14-12-28)33(34)36-23-21-25(4)6-2/h7,11-20,24-25H,3,5-6,8-10,21-23H2,1-2,4H3/t25-/m0/s1. The minimum Gasteiger partial charge on any atom is -0.494 e. The molecule has 1 atom stereocenters. The van der Waals surface area contributed by atoms with Crippen LogP contribution in [0, 0.1) is 5.92 Å². The summed E-state index contributed by atoms with van der Waals surface area (Å²) in [5.74, 6) is 1.21. The van der Waals surface area contributed by atoms with Crippen molar-refractivity contribution in [2.75, 3.05) is 13.2 Å². The second kappa shape index (κ2) is 14.3. The smallest absolute Gasteiger partial charge is 0.338 e. The van der Waals surface area contributed by atoms with E-state index >= 15 is 0 Å². The first-order valence-electron chi connectivity index (χ1n) is 13.3. The number of carbonyl (C=O) groups excluding carboxylic acids is 1. The van der Waals surface area contributed by atoms with Crippen molar-refractivity contribution in [3.05, 3.63) is 84.4 Å². The zero-order valence-electron chi connectivity index (χ0n) is 22.1. The first-order chi connectivity index (χ1) is 17.5. The minimum absolute atomic E-state index is 0.266. The number of benzene rings is 3. The number of carbonyl (C=O) groups is 1. The van der Waals surface area contributed by atoms with Crippen LogP contribution in [0.25, 0.3) is 28.3 Å². The average Bonchev–Trinajstić information content (AvgIpc) is 2.92. The zero-order valence-corrected chi connectivity index (χ0v) is 22.1. The van der Waals surface area contributed by atoms with Gasteiger partial charge in [-0.1, -0.05) is 95.5 Å². The molecule has 0 bridgehead atoms. The average molecular weight is 485 g/mol. The summed E-state index contributed by atoms with van der Waals surface area (Å²) in [6.07, 6.45) is 8.68. The summed E-state index contributed by atoms with van der Waals surface area (Å²) < 4.78 is 11.3. The van der Waals surface area contributed by atoms with Crippen LogP contribution in [-0.4, -0.2) is 19.2 Å². The summed E-state index contributed by atoms with van der Waals surface area (Å²) in [4.78, 5) is 12.4. The third-order valence-corrected chi connectivity index (χ3v) is 6.70. The van der Waals surface area contributed by atoms with Gasteiger partial charge in [-0.15, -0.1) is 0 Å². The predicted octanol–water partition coefficient (Wildman–Crippen LogP) is 9.22. The van der Waals surface area contributed by atoms with E-state index < -0.39 is 0 Å². The van der Waals surface area contributed by atoms with E-state index in [1.54, 1.807) is 0 Å². The Bertz CT molecular complexity index is 1100. The number of esters is 1. The van der Waals surface area contributed by atoms with Gasteiger partial charge in [-0.3, -0.25) is 0 Å². The van der Waals surface area contributed by atoms with E-state index in [-0.39, 0.29) is 5.97 Å². The van der Waals surface area contributed by atoms with E-state index in [4.69, 9.17) is 9.47 Å². The number of hydrogen-bond acceptors (Lipinski definition) is 3. The van der Waals surface area contributed by atoms with Crippen molar-refractivity contribution < 1.29 is 14.3 Å². The van der Waals surface area contributed by atoms with Crippen LogP contribution in [0.2, 0.25) is 0 Å². The minimum atomic E-state index is -0.266. The number of rotatable bonds is 14. The largest absolute Gasteiger partial charge is 0.494 e. The topological polar surface area (TPSA) is 35.5 Å². The third-order valence-electron chi connectivity index (χ3n) is 6.70. The van der Waals surface area contributed by atoms with Gasteiger partial charge in [0.15, 0.2) is 0 Å². The molecule has 0 aliphatic carbocycles. The summed E-state index contributed by atoms with van der Waals surface area (Å²) in [5, 5.41) is 0. The molecule has 36 heavy (non-hydrogen) atoms. The molecule has 3 aromatic carbocycles. The molecule has 0 amide bonds. The van der Waals surface area contributed by atoms with E-state index in [0.717, 1.165) is 59.4 Å². The fraction of sp³-hybridized carbons (Fsp3) is 0.364. The molecular formula is C33H40O3. The van der Waals surface area contributed by atoms with Crippen LogP contribution >= 0.6 is 0 Å². The van der Waals surface area contributed by atoms with Crippen molar-refractivity contribution in [3.8, 4) is 28.0 Å². The molecule has 0 spiro atoms. The lowest BCUT2D eigenvalue weighted by molar-refractivity contribution is 0.0485. The molecule has 0 saturated carbocycles. The SMILES string of the molecule is C=Cc1cc(-c2ccc(OCCCCCC)cc2)ccc1-c1ccc(C(=O)OCC[C@@H](C)CC)cc1. The molecule has 0 aromatic heterocycles. The quantitative estimate of drug-likeness (QED) is 0.169. The fourth-order valence-electron chi connectivity index (χ4n) is 4.06. The Labute approximate surface area is 217 Å². The molecule has 3 heteroatoms. The summed E-state index contributed by atoms with van der Waals surface area (Å²) in [5.41, 5.74) is 6.01. The van der Waals surface area contributed by atoms with Crippen LogP contribution in [0.3, 0.4) is 0 Å². The van der Waals surface area contributed by atoms with Gasteiger partial charge in [0, 0.05) is 0 Å². The number of hydrogen-bond donors (Lipinski definition) is 0. The Balaban J connectivity index is 1.65. The Hall–Kier alpha value is -3.33. The van der Waals surface area contributed by atoms with Gasteiger partial charge in [-0.25, -0.2) is 4.79 Å². The van der Waals surface area contributed by atoms with Gasteiger partial charge in [0.2, 0.25) is 0 Å². The monoisotopic (exact) mass is 484 g/mol. The van der Waals surface area contributed by atoms with Crippen molar-refractivity contribution >= 4 is 12.0 Å². The van der Waals surface area contributed by atoms with Crippen molar-refractivity contribution in [2.45, 2.75) is 59.3 Å². The Morgan fingerprint density at radius 1 is 0.861 bits per heavy atom. The molecule has 0 saturated heterocycles. The third kappa shape index (κ3) is 7.84. The zero-order chi connectivity index (χ0) is 25.8. The second-order valence-corrected chi connectivity index (χ2v) is 9.46. The Morgan fingerprint density at radius 2 is 1.56 bits per heavy atom. The normalized spacial score (nSPS) is 11.6. The van der Waals surface area contributed by atoms with Gasteiger partial charge in [0.25, 0.3) is 0 Å². The highest BCUT2D eigenvalue weighted by Gasteiger charge is 2.11. The summed E-state index contributed by atoms with van der Waals surface area (Å²) >= 11 is 0. The molecule has 0 radical (unpaired) electrons. The summed E-state index contributed by atoms with van der Waals surface area (Å²) in [6.45, 7) is 11.8. The van der Waals surface area contributed by atoms with Gasteiger partial charge in [-0.05, 0) is 76.9 Å². The first-order valence-corrected chi connectivity index (χ1v) is 13.3. The Kier molecular flexibility index (Phi) is 10.8. The van der Waals surface area contributed by atoms with Gasteiger partial charge in [-0.2, -0.15) is 0 Å². The molecule has 0 N–H and O–H groups in total. The van der Waals surface area contributed by atoms with Crippen LogP contribution in [-0.2, 0) is 4.74 Å². The maximum absolute atomic E-state index is 12.4. The van der Waals surface area contributed by atoms with Crippen molar-refractivity contribution in [1.29, 1.82) is 0 Å². The van der Waals surface area contributed by atoms with Crippen molar-refractivity contribution in [3.63, 3.8) is 0 Å². The lowest BCUT2D eigenvalue weighted by atomic mass is 9.94. The predicted molar refractivity (Wildman–Crippen MR) is 151 cm³/mol. The van der Waals surface area contributed by atoms with Crippen molar-refractivity contribution in [1.82, 2.24) is 0 Å². The van der Waals surface area contributed by atoms with E-state index in [2.05, 4.69) is 57.7 Å². The van der Waals surface area contributed by atoms with Crippen LogP contribution in [0.4, 0.5) is 0 Å². The lowest BCUT2D eigenvalue weighted by Crippen LogP contribution is -2.08. The maximum Gasteiger partial charge on any atom is 0.338 e. The molecule has 0 aliphatic rings. The van der Waals surface area contributed by atoms with E-state index in [1.165, 1.54) is 19.3 Å². The highest BCUT2D eigenvalue weighted by molar-refractivity contribution is 5.90. The number of ether oxygens (including phenoxy) is 2. The van der Waals surface area contributed by atoms with Gasteiger partial charge >= 0.3 is 5.97 Å². The van der Waals surface area contributed by atoms with E-state index in [9.17, 15) is 4.79 Å². The second-order valence-electron chi connectivity index (χ2n) is 9.46. The van der Waals surface area contributed by atoms with Crippen LogP contribution < -0.4 is 4.74 Å². The number of unbranched alkanes of at least 4 members (excludes halogenated alkanes) is 3. The van der Waals surface area contributed by atoms with Gasteiger partial charge < -0.3 is 9.47 Å². The van der Waals surface area contributed by atoms with Crippen molar-refractivity contribution in [2.24, 2.45) is 5.92 Å². The fourth-order valence-corrected chi connectivity index (χ4v) is 4.06. The lowest BCUT2D eigenvalue weighted by Gasteiger charge is -2.12. The Morgan fingerprint density at radius 3 is 2.22 bits per heavy atom. The van der Waals surface area contributed by atoms with E-state index in [1.807, 2.05) is 42.5 Å². The van der Waals surface area contributed by atoms with Crippen LogP contribution in [0.5, 0.6) is 5.75 Å². The molecule has 3 rings (SSSR count). The first kappa shape index (κ1) is 27.3. The summed E-state index contributed by atoms with van der Waals surface area (Å²) in [7, 11) is 0. The maximum atomic E-state index is 12.4. The molecule has 3 aromatic rings. The molecule has 3 nitrogen and oxygen atoms in total.